The molecule has 1 aliphatic carbocycles. The number of nitrogens with zero attached hydrogens (tertiary/aromatic N) is 1. The zero-order valence-corrected chi connectivity index (χ0v) is 10.00. The van der Waals surface area contributed by atoms with Gasteiger partial charge in [-0.05, 0) is 39.2 Å². The highest BCUT2D eigenvalue weighted by molar-refractivity contribution is 4.81. The molecule has 1 rings (SSSR count). The standard InChI is InChI=1S/C12H26N2/c1-4-14(10(2)3)9-11-7-5-6-8-12(11)13/h10-12H,4-9,13H2,1-3H3. The summed E-state index contributed by atoms with van der Waals surface area (Å²) in [5, 5.41) is 0. The van der Waals surface area contributed by atoms with E-state index < -0.39 is 0 Å². The molecular weight excluding hydrogens is 172 g/mol. The molecule has 2 N–H and O–H groups in total. The summed E-state index contributed by atoms with van der Waals surface area (Å²) in [6, 6.07) is 1.12. The van der Waals surface area contributed by atoms with Crippen molar-refractivity contribution in [2.45, 2.75) is 58.5 Å². The maximum absolute atomic E-state index is 6.16. The van der Waals surface area contributed by atoms with Crippen LogP contribution in [0.1, 0.15) is 46.5 Å². The monoisotopic (exact) mass is 198 g/mol. The molecule has 2 unspecified atom stereocenters. The molecule has 0 aromatic rings. The smallest absolute Gasteiger partial charge is 0.00793 e. The zero-order chi connectivity index (χ0) is 10.6. The lowest BCUT2D eigenvalue weighted by Gasteiger charge is -2.35. The molecule has 0 aromatic heterocycles. The molecule has 0 saturated heterocycles. The van der Waals surface area contributed by atoms with Crippen LogP contribution in [0.15, 0.2) is 0 Å². The van der Waals surface area contributed by atoms with Crippen LogP contribution in [0.5, 0.6) is 0 Å². The summed E-state index contributed by atoms with van der Waals surface area (Å²) < 4.78 is 0. The summed E-state index contributed by atoms with van der Waals surface area (Å²) in [7, 11) is 0. The van der Waals surface area contributed by atoms with E-state index in [4.69, 9.17) is 5.73 Å². The van der Waals surface area contributed by atoms with Crippen molar-refractivity contribution in [1.82, 2.24) is 4.90 Å². The molecule has 84 valence electrons. The van der Waals surface area contributed by atoms with Gasteiger partial charge in [0, 0.05) is 18.6 Å². The Hall–Kier alpha value is -0.0800. The molecule has 2 nitrogen and oxygen atoms in total. The van der Waals surface area contributed by atoms with Crippen molar-refractivity contribution in [3.63, 3.8) is 0 Å². The van der Waals surface area contributed by atoms with Gasteiger partial charge in [-0.3, -0.25) is 0 Å². The Morgan fingerprint density at radius 1 is 1.29 bits per heavy atom. The van der Waals surface area contributed by atoms with Crippen molar-refractivity contribution < 1.29 is 0 Å². The Bertz CT molecular complexity index is 156. The average molecular weight is 198 g/mol. The van der Waals surface area contributed by atoms with Crippen LogP contribution < -0.4 is 5.73 Å². The van der Waals surface area contributed by atoms with Crippen molar-refractivity contribution in [2.75, 3.05) is 13.1 Å². The van der Waals surface area contributed by atoms with Gasteiger partial charge in [0.15, 0.2) is 0 Å². The highest BCUT2D eigenvalue weighted by Gasteiger charge is 2.24. The molecule has 0 heterocycles. The lowest BCUT2D eigenvalue weighted by Crippen LogP contribution is -2.43. The van der Waals surface area contributed by atoms with Crippen LogP contribution in [0.2, 0.25) is 0 Å². The van der Waals surface area contributed by atoms with Crippen molar-refractivity contribution in [3.05, 3.63) is 0 Å². The average Bonchev–Trinajstić information content (AvgIpc) is 2.16. The van der Waals surface area contributed by atoms with Crippen LogP contribution in [0.3, 0.4) is 0 Å². The fraction of sp³-hybridized carbons (Fsp3) is 1.00. The quantitative estimate of drug-likeness (QED) is 0.750. The second-order valence-electron chi connectivity index (χ2n) is 4.89. The minimum atomic E-state index is 0.455. The van der Waals surface area contributed by atoms with Crippen molar-refractivity contribution in [3.8, 4) is 0 Å². The van der Waals surface area contributed by atoms with E-state index in [-0.39, 0.29) is 0 Å². The van der Waals surface area contributed by atoms with Crippen LogP contribution in [-0.4, -0.2) is 30.1 Å². The van der Waals surface area contributed by atoms with Crippen LogP contribution in [0, 0.1) is 5.92 Å². The Labute approximate surface area is 88.8 Å². The van der Waals surface area contributed by atoms with Gasteiger partial charge in [-0.15, -0.1) is 0 Å². The lowest BCUT2D eigenvalue weighted by atomic mass is 9.84. The molecule has 1 aliphatic rings. The van der Waals surface area contributed by atoms with Crippen molar-refractivity contribution in [1.29, 1.82) is 0 Å². The maximum atomic E-state index is 6.16. The van der Waals surface area contributed by atoms with Gasteiger partial charge in [-0.2, -0.15) is 0 Å². The summed E-state index contributed by atoms with van der Waals surface area (Å²) >= 11 is 0. The molecule has 2 heteroatoms. The molecule has 0 radical (unpaired) electrons. The van der Waals surface area contributed by atoms with Crippen LogP contribution in [-0.2, 0) is 0 Å². The normalized spacial score (nSPS) is 28.7. The first-order chi connectivity index (χ1) is 6.65. The Morgan fingerprint density at radius 2 is 1.93 bits per heavy atom. The van der Waals surface area contributed by atoms with Crippen molar-refractivity contribution >= 4 is 0 Å². The number of hydrogen-bond donors (Lipinski definition) is 1. The first-order valence-corrected chi connectivity index (χ1v) is 6.14. The summed E-state index contributed by atoms with van der Waals surface area (Å²) in [5.74, 6) is 0.742. The topological polar surface area (TPSA) is 29.3 Å². The van der Waals surface area contributed by atoms with Gasteiger partial charge in [0.05, 0.1) is 0 Å². The number of hydrogen-bond acceptors (Lipinski definition) is 2. The van der Waals surface area contributed by atoms with E-state index >= 15 is 0 Å². The highest BCUT2D eigenvalue weighted by Crippen LogP contribution is 2.24. The third kappa shape index (κ3) is 3.25. The Balaban J connectivity index is 2.39. The summed E-state index contributed by atoms with van der Waals surface area (Å²) in [4.78, 5) is 2.54. The van der Waals surface area contributed by atoms with Gasteiger partial charge in [-0.1, -0.05) is 19.8 Å². The SMILES string of the molecule is CCN(CC1CCCCC1N)C(C)C. The fourth-order valence-electron chi connectivity index (χ4n) is 2.47. The first kappa shape index (κ1) is 12.0. The molecular formula is C12H26N2. The van der Waals surface area contributed by atoms with Gasteiger partial charge in [0.25, 0.3) is 0 Å². The highest BCUT2D eigenvalue weighted by atomic mass is 15.1. The lowest BCUT2D eigenvalue weighted by molar-refractivity contribution is 0.160. The number of rotatable bonds is 4. The molecule has 1 saturated carbocycles. The van der Waals surface area contributed by atoms with E-state index in [1.165, 1.54) is 32.2 Å². The van der Waals surface area contributed by atoms with Gasteiger partial charge in [0.2, 0.25) is 0 Å². The molecule has 0 amide bonds. The van der Waals surface area contributed by atoms with Crippen LogP contribution >= 0.6 is 0 Å². The third-order valence-corrected chi connectivity index (χ3v) is 3.57. The van der Waals surface area contributed by atoms with Gasteiger partial charge in [0.1, 0.15) is 0 Å². The van der Waals surface area contributed by atoms with E-state index in [9.17, 15) is 0 Å². The van der Waals surface area contributed by atoms with E-state index in [1.54, 1.807) is 0 Å². The fourth-order valence-corrected chi connectivity index (χ4v) is 2.47. The molecule has 0 aliphatic heterocycles. The van der Waals surface area contributed by atoms with E-state index in [0.717, 1.165) is 12.5 Å². The minimum absolute atomic E-state index is 0.455. The van der Waals surface area contributed by atoms with E-state index in [1.807, 2.05) is 0 Å². The molecule has 1 fully saturated rings. The first-order valence-electron chi connectivity index (χ1n) is 6.14. The molecule has 2 atom stereocenters. The summed E-state index contributed by atoms with van der Waals surface area (Å²) in [5.41, 5.74) is 6.16. The zero-order valence-electron chi connectivity index (χ0n) is 10.00. The summed E-state index contributed by atoms with van der Waals surface area (Å²) in [6.07, 6.45) is 5.30. The van der Waals surface area contributed by atoms with E-state index in [0.29, 0.717) is 12.1 Å². The Kier molecular flexibility index (Phi) is 4.90. The van der Waals surface area contributed by atoms with Gasteiger partial charge < -0.3 is 10.6 Å². The maximum Gasteiger partial charge on any atom is 0.00793 e. The van der Waals surface area contributed by atoms with E-state index in [2.05, 4.69) is 25.7 Å². The minimum Gasteiger partial charge on any atom is -0.327 e. The Morgan fingerprint density at radius 3 is 2.43 bits per heavy atom. The van der Waals surface area contributed by atoms with Crippen molar-refractivity contribution in [2.24, 2.45) is 11.7 Å². The second kappa shape index (κ2) is 5.72. The second-order valence-corrected chi connectivity index (χ2v) is 4.89. The molecule has 0 aromatic carbocycles. The molecule has 0 bridgehead atoms. The van der Waals surface area contributed by atoms with Crippen LogP contribution in [0.4, 0.5) is 0 Å². The number of nitrogens with two attached hydrogens (primary N) is 1. The van der Waals surface area contributed by atoms with Gasteiger partial charge in [-0.25, -0.2) is 0 Å². The van der Waals surface area contributed by atoms with Gasteiger partial charge >= 0.3 is 0 Å². The molecule has 14 heavy (non-hydrogen) atoms. The predicted molar refractivity (Wildman–Crippen MR) is 62.3 cm³/mol. The largest absolute Gasteiger partial charge is 0.327 e. The predicted octanol–water partition coefficient (Wildman–Crippen LogP) is 2.23. The third-order valence-electron chi connectivity index (χ3n) is 3.57. The van der Waals surface area contributed by atoms with Crippen LogP contribution in [0.25, 0.3) is 0 Å². The molecule has 0 spiro atoms. The summed E-state index contributed by atoms with van der Waals surface area (Å²) in [6.45, 7) is 9.15.